The van der Waals surface area contributed by atoms with Crippen LogP contribution in [0.5, 0.6) is 5.75 Å². The van der Waals surface area contributed by atoms with Gasteiger partial charge in [-0.2, -0.15) is 5.26 Å². The Kier molecular flexibility index (Phi) is 5.74. The van der Waals surface area contributed by atoms with Crippen LogP contribution in [0, 0.1) is 11.3 Å². The van der Waals surface area contributed by atoms with Crippen molar-refractivity contribution in [2.75, 3.05) is 12.4 Å². The van der Waals surface area contributed by atoms with Crippen molar-refractivity contribution < 1.29 is 9.53 Å². The average molecular weight is 379 g/mol. The summed E-state index contributed by atoms with van der Waals surface area (Å²) >= 11 is 1.23. The predicted molar refractivity (Wildman–Crippen MR) is 103 cm³/mol. The Morgan fingerprint density at radius 1 is 1.26 bits per heavy atom. The summed E-state index contributed by atoms with van der Waals surface area (Å²) in [6, 6.07) is 16.4. The number of nitriles is 1. The Labute approximate surface area is 160 Å². The lowest BCUT2D eigenvalue weighted by atomic mass is 10.2. The summed E-state index contributed by atoms with van der Waals surface area (Å²) < 4.78 is 5.14. The third kappa shape index (κ3) is 4.46. The molecule has 3 aromatic rings. The fourth-order valence-corrected chi connectivity index (χ4v) is 3.04. The minimum atomic E-state index is -0.434. The molecule has 2 N–H and O–H groups in total. The van der Waals surface area contributed by atoms with Crippen LogP contribution in [0.1, 0.15) is 12.5 Å². The van der Waals surface area contributed by atoms with Crippen molar-refractivity contribution in [3.8, 4) is 23.2 Å². The fraction of sp³-hybridized carbons (Fsp3) is 0.158. The maximum atomic E-state index is 12.4. The van der Waals surface area contributed by atoms with Crippen LogP contribution in [0.3, 0.4) is 0 Å². The van der Waals surface area contributed by atoms with Crippen LogP contribution in [-0.2, 0) is 4.79 Å². The monoisotopic (exact) mass is 379 g/mol. The molecule has 0 saturated carbocycles. The Bertz CT molecular complexity index is 978. The van der Waals surface area contributed by atoms with Crippen molar-refractivity contribution in [2.45, 2.75) is 17.3 Å². The van der Waals surface area contributed by atoms with Crippen LogP contribution >= 0.6 is 11.8 Å². The van der Waals surface area contributed by atoms with E-state index in [1.54, 1.807) is 38.3 Å². The number of ether oxygens (including phenoxy) is 1. The number of aromatic nitrogens is 3. The van der Waals surface area contributed by atoms with Gasteiger partial charge in [0.15, 0.2) is 5.82 Å². The van der Waals surface area contributed by atoms with Crippen LogP contribution in [0.15, 0.2) is 53.7 Å². The van der Waals surface area contributed by atoms with Crippen molar-refractivity contribution in [3.63, 3.8) is 0 Å². The molecule has 0 aliphatic rings. The predicted octanol–water partition coefficient (Wildman–Crippen LogP) is 3.47. The van der Waals surface area contributed by atoms with Crippen LogP contribution in [0.2, 0.25) is 0 Å². The lowest BCUT2D eigenvalue weighted by Crippen LogP contribution is -2.23. The number of carbonyl (C=O) groups excluding carboxylic acids is 1. The highest BCUT2D eigenvalue weighted by Crippen LogP contribution is 2.25. The van der Waals surface area contributed by atoms with E-state index < -0.39 is 5.25 Å². The molecule has 0 fully saturated rings. The molecule has 1 aromatic heterocycles. The number of nitrogens with one attached hydrogen (secondary N) is 2. The van der Waals surface area contributed by atoms with Gasteiger partial charge in [-0.3, -0.25) is 9.89 Å². The number of nitrogens with zero attached hydrogens (tertiary/aromatic N) is 3. The molecule has 136 valence electrons. The zero-order chi connectivity index (χ0) is 19.2. The molecule has 0 radical (unpaired) electrons. The first kappa shape index (κ1) is 18.5. The number of hydrogen-bond acceptors (Lipinski definition) is 6. The van der Waals surface area contributed by atoms with Crippen LogP contribution < -0.4 is 10.1 Å². The van der Waals surface area contributed by atoms with Gasteiger partial charge in [-0.1, -0.05) is 23.9 Å². The molecule has 3 rings (SSSR count). The molecule has 1 atom stereocenters. The van der Waals surface area contributed by atoms with E-state index in [9.17, 15) is 4.79 Å². The van der Waals surface area contributed by atoms with E-state index in [-0.39, 0.29) is 5.91 Å². The first-order valence-corrected chi connectivity index (χ1v) is 9.02. The lowest BCUT2D eigenvalue weighted by molar-refractivity contribution is -0.115. The van der Waals surface area contributed by atoms with E-state index in [1.165, 1.54) is 11.8 Å². The van der Waals surface area contributed by atoms with E-state index in [0.29, 0.717) is 22.2 Å². The largest absolute Gasteiger partial charge is 0.497 e. The van der Waals surface area contributed by atoms with Gasteiger partial charge in [-0.15, -0.1) is 5.10 Å². The number of rotatable bonds is 6. The van der Waals surface area contributed by atoms with Crippen LogP contribution in [0.25, 0.3) is 11.4 Å². The Morgan fingerprint density at radius 2 is 2.00 bits per heavy atom. The highest BCUT2D eigenvalue weighted by Gasteiger charge is 2.18. The zero-order valence-electron chi connectivity index (χ0n) is 14.8. The number of methoxy groups -OCH3 is 1. The number of H-pyrrole nitrogens is 1. The van der Waals surface area contributed by atoms with E-state index in [0.717, 1.165) is 11.3 Å². The summed E-state index contributed by atoms with van der Waals surface area (Å²) in [6.07, 6.45) is 0. The minimum Gasteiger partial charge on any atom is -0.497 e. The molecule has 0 saturated heterocycles. The third-order valence-electron chi connectivity index (χ3n) is 3.79. The third-order valence-corrected chi connectivity index (χ3v) is 4.75. The number of benzene rings is 2. The summed E-state index contributed by atoms with van der Waals surface area (Å²) in [4.78, 5) is 16.8. The van der Waals surface area contributed by atoms with Gasteiger partial charge in [0.05, 0.1) is 23.6 Å². The van der Waals surface area contributed by atoms with Gasteiger partial charge in [0, 0.05) is 5.56 Å². The van der Waals surface area contributed by atoms with E-state index in [1.807, 2.05) is 24.3 Å². The maximum absolute atomic E-state index is 12.4. The van der Waals surface area contributed by atoms with Gasteiger partial charge < -0.3 is 10.1 Å². The molecule has 1 heterocycles. The molecule has 7 nitrogen and oxygen atoms in total. The fourth-order valence-electron chi connectivity index (χ4n) is 2.31. The molecular weight excluding hydrogens is 362 g/mol. The number of thioether (sulfide) groups is 1. The number of para-hydroxylation sites is 1. The number of amides is 1. The Morgan fingerprint density at radius 3 is 2.70 bits per heavy atom. The Balaban J connectivity index is 1.65. The molecule has 0 unspecified atom stereocenters. The van der Waals surface area contributed by atoms with E-state index in [4.69, 9.17) is 10.00 Å². The number of anilines is 1. The number of hydrogen-bond donors (Lipinski definition) is 2. The lowest BCUT2D eigenvalue weighted by Gasteiger charge is -2.11. The molecule has 27 heavy (non-hydrogen) atoms. The van der Waals surface area contributed by atoms with Gasteiger partial charge in [0.25, 0.3) is 0 Å². The molecule has 8 heteroatoms. The van der Waals surface area contributed by atoms with Crippen molar-refractivity contribution >= 4 is 23.4 Å². The second-order valence-electron chi connectivity index (χ2n) is 5.60. The topological polar surface area (TPSA) is 104 Å². The van der Waals surface area contributed by atoms with Crippen molar-refractivity contribution in [2.24, 2.45) is 0 Å². The van der Waals surface area contributed by atoms with Gasteiger partial charge in [-0.25, -0.2) is 4.98 Å². The summed E-state index contributed by atoms with van der Waals surface area (Å²) in [6.45, 7) is 1.76. The molecule has 0 aliphatic heterocycles. The smallest absolute Gasteiger partial charge is 0.237 e. The summed E-state index contributed by atoms with van der Waals surface area (Å²) in [7, 11) is 1.61. The van der Waals surface area contributed by atoms with Crippen molar-refractivity contribution in [1.82, 2.24) is 15.2 Å². The van der Waals surface area contributed by atoms with Crippen molar-refractivity contribution in [1.29, 1.82) is 5.26 Å². The second kappa shape index (κ2) is 8.38. The second-order valence-corrected chi connectivity index (χ2v) is 6.91. The highest BCUT2D eigenvalue weighted by molar-refractivity contribution is 8.00. The summed E-state index contributed by atoms with van der Waals surface area (Å²) in [5.74, 6) is 1.15. The van der Waals surface area contributed by atoms with Gasteiger partial charge >= 0.3 is 0 Å². The zero-order valence-corrected chi connectivity index (χ0v) is 15.6. The van der Waals surface area contributed by atoms with Gasteiger partial charge in [0.2, 0.25) is 11.1 Å². The highest BCUT2D eigenvalue weighted by atomic mass is 32.2. The SMILES string of the molecule is COc1ccc(-c2nc(S[C@H](C)C(=O)Nc3ccccc3C#N)n[nH]2)cc1. The first-order valence-electron chi connectivity index (χ1n) is 8.14. The first-order chi connectivity index (χ1) is 13.1. The maximum Gasteiger partial charge on any atom is 0.237 e. The van der Waals surface area contributed by atoms with Crippen LogP contribution in [-0.4, -0.2) is 33.4 Å². The molecule has 2 aromatic carbocycles. The normalized spacial score (nSPS) is 11.4. The molecule has 0 aliphatic carbocycles. The van der Waals surface area contributed by atoms with E-state index >= 15 is 0 Å². The minimum absolute atomic E-state index is 0.224. The average Bonchev–Trinajstić information content (AvgIpc) is 3.16. The number of carbonyl (C=O) groups is 1. The van der Waals surface area contributed by atoms with Crippen molar-refractivity contribution in [3.05, 3.63) is 54.1 Å². The quantitative estimate of drug-likeness (QED) is 0.636. The summed E-state index contributed by atoms with van der Waals surface area (Å²) in [5.41, 5.74) is 1.78. The van der Waals surface area contributed by atoms with Crippen LogP contribution in [0.4, 0.5) is 5.69 Å². The van der Waals surface area contributed by atoms with E-state index in [2.05, 4.69) is 26.6 Å². The Hall–Kier alpha value is -3.31. The molecule has 0 spiro atoms. The standard InChI is InChI=1S/C19H17N5O2S/c1-12(18(25)21-16-6-4-3-5-14(16)11-20)27-19-22-17(23-24-19)13-7-9-15(26-2)10-8-13/h3-10,12H,1-2H3,(H,21,25)(H,22,23,24)/t12-/m1/s1. The number of aromatic amines is 1. The summed E-state index contributed by atoms with van der Waals surface area (Å²) in [5, 5.41) is 19.0. The molecule has 1 amide bonds. The molecular formula is C19H17N5O2S. The van der Waals surface area contributed by atoms with Gasteiger partial charge in [-0.05, 0) is 43.3 Å². The van der Waals surface area contributed by atoms with Gasteiger partial charge in [0.1, 0.15) is 11.8 Å². The molecule has 0 bridgehead atoms.